The average Bonchev–Trinajstić information content (AvgIpc) is 2.19. The third-order valence-corrected chi connectivity index (χ3v) is 3.19. The molecule has 1 N–H and O–H groups in total. The van der Waals surface area contributed by atoms with E-state index < -0.39 is 5.60 Å². The summed E-state index contributed by atoms with van der Waals surface area (Å²) in [6, 6.07) is 4.95. The van der Waals surface area contributed by atoms with E-state index in [1.807, 2.05) is 0 Å². The van der Waals surface area contributed by atoms with Crippen molar-refractivity contribution in [2.75, 3.05) is 0 Å². The summed E-state index contributed by atoms with van der Waals surface area (Å²) in [5, 5.41) is 10.9. The zero-order valence-electron chi connectivity index (χ0n) is 12.1. The molecule has 0 spiro atoms. The second-order valence-electron chi connectivity index (χ2n) is 6.19. The van der Waals surface area contributed by atoms with Crippen LogP contribution in [-0.4, -0.2) is 5.11 Å². The van der Waals surface area contributed by atoms with E-state index >= 15 is 0 Å². The Bertz CT molecular complexity index is 386. The van der Waals surface area contributed by atoms with Crippen molar-refractivity contribution in [3.63, 3.8) is 0 Å². The fourth-order valence-corrected chi connectivity index (χ4v) is 2.60. The zero-order chi connectivity index (χ0) is 13.9. The predicted octanol–water partition coefficient (Wildman–Crippen LogP) is 4.41. The Kier molecular flexibility index (Phi) is 4.92. The van der Waals surface area contributed by atoms with E-state index in [0.717, 1.165) is 5.56 Å². The fourth-order valence-electron chi connectivity index (χ4n) is 2.60. The van der Waals surface area contributed by atoms with E-state index in [-0.39, 0.29) is 5.82 Å². The van der Waals surface area contributed by atoms with Gasteiger partial charge in [0.15, 0.2) is 0 Å². The molecule has 0 amide bonds. The lowest BCUT2D eigenvalue weighted by atomic mass is 9.79. The lowest BCUT2D eigenvalue weighted by molar-refractivity contribution is -0.00460. The van der Waals surface area contributed by atoms with Gasteiger partial charge in [0.2, 0.25) is 0 Å². The summed E-state index contributed by atoms with van der Waals surface area (Å²) in [6.07, 6.45) is 1.41. The molecule has 1 aromatic rings. The number of hydrogen-bond acceptors (Lipinski definition) is 1. The maximum Gasteiger partial charge on any atom is 0.126 e. The quantitative estimate of drug-likeness (QED) is 0.822. The number of aliphatic hydroxyl groups is 1. The molecule has 0 aliphatic rings. The molecule has 102 valence electrons. The van der Waals surface area contributed by atoms with Crippen LogP contribution in [0.5, 0.6) is 0 Å². The minimum absolute atomic E-state index is 0.213. The minimum Gasteiger partial charge on any atom is -0.385 e. The molecule has 0 bridgehead atoms. The van der Waals surface area contributed by atoms with Gasteiger partial charge in [-0.3, -0.25) is 0 Å². The molecule has 0 aliphatic carbocycles. The minimum atomic E-state index is -0.846. The third-order valence-electron chi connectivity index (χ3n) is 3.19. The molecule has 0 aliphatic heterocycles. The molecule has 0 saturated heterocycles. The molecule has 2 heteroatoms. The molecule has 0 heterocycles. The van der Waals surface area contributed by atoms with Crippen LogP contribution >= 0.6 is 0 Å². The lowest BCUT2D eigenvalue weighted by Crippen LogP contribution is -2.29. The molecule has 1 aromatic carbocycles. The maximum atomic E-state index is 13.3. The Balaban J connectivity index is 3.11. The number of hydrogen-bond donors (Lipinski definition) is 1. The van der Waals surface area contributed by atoms with Gasteiger partial charge in [-0.2, -0.15) is 0 Å². The summed E-state index contributed by atoms with van der Waals surface area (Å²) >= 11 is 0. The van der Waals surface area contributed by atoms with Crippen molar-refractivity contribution in [1.82, 2.24) is 0 Å². The molecule has 0 fully saturated rings. The van der Waals surface area contributed by atoms with E-state index in [9.17, 15) is 9.50 Å². The van der Waals surface area contributed by atoms with Gasteiger partial charge in [0.25, 0.3) is 0 Å². The fraction of sp³-hybridized carbons (Fsp3) is 0.625. The van der Waals surface area contributed by atoms with E-state index in [1.54, 1.807) is 19.1 Å². The van der Waals surface area contributed by atoms with Crippen molar-refractivity contribution in [2.45, 2.75) is 53.1 Å². The molecule has 0 atom stereocenters. The van der Waals surface area contributed by atoms with Crippen molar-refractivity contribution in [3.8, 4) is 0 Å². The van der Waals surface area contributed by atoms with Crippen molar-refractivity contribution in [1.29, 1.82) is 0 Å². The van der Waals surface area contributed by atoms with Gasteiger partial charge < -0.3 is 5.11 Å². The van der Waals surface area contributed by atoms with Crippen molar-refractivity contribution >= 4 is 0 Å². The number of rotatable bonds is 5. The molecule has 0 aromatic heterocycles. The molecular formula is C16H25FO. The zero-order valence-corrected chi connectivity index (χ0v) is 12.1. The van der Waals surface area contributed by atoms with E-state index in [4.69, 9.17) is 0 Å². The lowest BCUT2D eigenvalue weighted by Gasteiger charge is -2.32. The summed E-state index contributed by atoms with van der Waals surface area (Å²) in [7, 11) is 0. The van der Waals surface area contributed by atoms with Crippen LogP contribution in [0.15, 0.2) is 18.2 Å². The largest absolute Gasteiger partial charge is 0.385 e. The van der Waals surface area contributed by atoms with Crippen LogP contribution in [0.3, 0.4) is 0 Å². The molecular weight excluding hydrogens is 227 g/mol. The van der Waals surface area contributed by atoms with Crippen molar-refractivity contribution in [2.24, 2.45) is 11.8 Å². The Labute approximate surface area is 110 Å². The van der Waals surface area contributed by atoms with Crippen LogP contribution in [0.25, 0.3) is 0 Å². The standard InChI is InChI=1S/C16H25FO/c1-11(2)9-16(18,10-12(3)4)14-6-7-15(17)13(5)8-14/h6-8,11-12,18H,9-10H2,1-5H3. The van der Waals surface area contributed by atoms with Gasteiger partial charge in [0, 0.05) is 0 Å². The highest BCUT2D eigenvalue weighted by molar-refractivity contribution is 5.28. The van der Waals surface area contributed by atoms with Gasteiger partial charge >= 0.3 is 0 Å². The van der Waals surface area contributed by atoms with Gasteiger partial charge in [-0.05, 0) is 48.8 Å². The third kappa shape index (κ3) is 3.81. The average molecular weight is 252 g/mol. The van der Waals surface area contributed by atoms with Gasteiger partial charge in [0.1, 0.15) is 5.82 Å². The summed E-state index contributed by atoms with van der Waals surface area (Å²) in [4.78, 5) is 0. The van der Waals surface area contributed by atoms with Crippen LogP contribution in [0.1, 0.15) is 51.7 Å². The number of aryl methyl sites for hydroxylation is 1. The van der Waals surface area contributed by atoms with E-state index in [2.05, 4.69) is 27.7 Å². The van der Waals surface area contributed by atoms with E-state index in [0.29, 0.717) is 30.2 Å². The van der Waals surface area contributed by atoms with E-state index in [1.165, 1.54) is 6.07 Å². The highest BCUT2D eigenvalue weighted by Gasteiger charge is 2.31. The highest BCUT2D eigenvalue weighted by atomic mass is 19.1. The van der Waals surface area contributed by atoms with Crippen LogP contribution in [0.4, 0.5) is 4.39 Å². The van der Waals surface area contributed by atoms with Gasteiger partial charge in [-0.15, -0.1) is 0 Å². The first-order chi connectivity index (χ1) is 8.24. The topological polar surface area (TPSA) is 20.2 Å². The normalized spacial score (nSPS) is 12.5. The monoisotopic (exact) mass is 252 g/mol. The summed E-state index contributed by atoms with van der Waals surface area (Å²) < 4.78 is 13.3. The molecule has 0 saturated carbocycles. The smallest absolute Gasteiger partial charge is 0.126 e. The first-order valence-electron chi connectivity index (χ1n) is 6.73. The second-order valence-corrected chi connectivity index (χ2v) is 6.19. The second kappa shape index (κ2) is 5.83. The summed E-state index contributed by atoms with van der Waals surface area (Å²) in [6.45, 7) is 10.1. The van der Waals surface area contributed by atoms with Crippen LogP contribution in [0.2, 0.25) is 0 Å². The Hall–Kier alpha value is -0.890. The van der Waals surface area contributed by atoms with Gasteiger partial charge in [0.05, 0.1) is 5.60 Å². The number of benzene rings is 1. The summed E-state index contributed by atoms with van der Waals surface area (Å²) in [5.74, 6) is 0.591. The van der Waals surface area contributed by atoms with Crippen molar-refractivity contribution in [3.05, 3.63) is 35.1 Å². The van der Waals surface area contributed by atoms with Crippen LogP contribution in [0, 0.1) is 24.6 Å². The molecule has 18 heavy (non-hydrogen) atoms. The summed E-state index contributed by atoms with van der Waals surface area (Å²) in [5.41, 5.74) is 0.586. The first kappa shape index (κ1) is 15.2. The highest BCUT2D eigenvalue weighted by Crippen LogP contribution is 2.35. The Morgan fingerprint density at radius 3 is 2.00 bits per heavy atom. The molecule has 1 nitrogen and oxygen atoms in total. The molecule has 0 unspecified atom stereocenters. The van der Waals surface area contributed by atoms with Crippen molar-refractivity contribution < 1.29 is 9.50 Å². The van der Waals surface area contributed by atoms with Crippen LogP contribution in [-0.2, 0) is 5.60 Å². The molecule has 0 radical (unpaired) electrons. The SMILES string of the molecule is Cc1cc(C(O)(CC(C)C)CC(C)C)ccc1F. The predicted molar refractivity (Wildman–Crippen MR) is 73.9 cm³/mol. The van der Waals surface area contributed by atoms with Crippen LogP contribution < -0.4 is 0 Å². The van der Waals surface area contributed by atoms with Gasteiger partial charge in [-0.25, -0.2) is 4.39 Å². The molecule has 1 rings (SSSR count). The number of halogens is 1. The first-order valence-corrected chi connectivity index (χ1v) is 6.73. The Morgan fingerprint density at radius 2 is 1.61 bits per heavy atom. The maximum absolute atomic E-state index is 13.3. The Morgan fingerprint density at radius 1 is 1.11 bits per heavy atom. The van der Waals surface area contributed by atoms with Gasteiger partial charge in [-0.1, -0.05) is 39.8 Å².